The number of nitrogens with zero attached hydrogens (tertiary/aromatic N) is 1. The summed E-state index contributed by atoms with van der Waals surface area (Å²) in [6, 6.07) is 10.1. The van der Waals surface area contributed by atoms with Crippen molar-refractivity contribution >= 4 is 21.6 Å². The number of hydrogen-bond donors (Lipinski definition) is 2. The first-order valence-electron chi connectivity index (χ1n) is 9.08. The van der Waals surface area contributed by atoms with Gasteiger partial charge in [-0.1, -0.05) is 30.3 Å². The third-order valence-corrected chi connectivity index (χ3v) is 5.88. The van der Waals surface area contributed by atoms with Crippen molar-refractivity contribution in [2.24, 2.45) is 0 Å². The summed E-state index contributed by atoms with van der Waals surface area (Å²) in [6.45, 7) is 8.86. The molecule has 3 aromatic rings. The monoisotopic (exact) mass is 370 g/mol. The predicted octanol–water partition coefficient (Wildman–Crippen LogP) is 2.15. The fraction of sp³-hybridized carbons (Fsp3) is 0.400. The second-order valence-electron chi connectivity index (χ2n) is 7.18. The SMILES string of the molecule is Cc1sc2nc(C[NH+]3C[C@@H](C)O[C@@H](C)C3)[nH]c(=O)c2c1-c1ccccc1. The summed E-state index contributed by atoms with van der Waals surface area (Å²) in [5.74, 6) is 0.764. The Labute approximate surface area is 156 Å². The van der Waals surface area contributed by atoms with Crippen LogP contribution in [0, 0.1) is 6.92 Å². The standard InChI is InChI=1S/C20H23N3O2S/c1-12-9-23(10-13(2)25-12)11-16-21-19(24)18-17(14(3)26-20(18)22-16)15-7-5-4-6-8-15/h4-8,12-13H,9-11H2,1-3H3,(H,21,22,24)/p+1/t12-,13+. The van der Waals surface area contributed by atoms with Crippen LogP contribution in [0.25, 0.3) is 21.3 Å². The molecule has 3 heterocycles. The molecule has 1 aliphatic heterocycles. The lowest BCUT2D eigenvalue weighted by Crippen LogP contribution is -3.14. The number of aromatic amines is 1. The zero-order chi connectivity index (χ0) is 18.3. The Bertz CT molecular complexity index is 970. The molecule has 4 rings (SSSR count). The van der Waals surface area contributed by atoms with Gasteiger partial charge in [-0.25, -0.2) is 4.98 Å². The number of nitrogens with one attached hydrogen (secondary N) is 2. The Morgan fingerprint density at radius 3 is 2.62 bits per heavy atom. The van der Waals surface area contributed by atoms with E-state index < -0.39 is 0 Å². The van der Waals surface area contributed by atoms with E-state index in [4.69, 9.17) is 9.72 Å². The van der Waals surface area contributed by atoms with Gasteiger partial charge < -0.3 is 14.6 Å². The number of H-pyrrole nitrogens is 1. The first-order valence-corrected chi connectivity index (χ1v) is 9.89. The lowest BCUT2D eigenvalue weighted by molar-refractivity contribution is -0.928. The van der Waals surface area contributed by atoms with Crippen molar-refractivity contribution in [1.82, 2.24) is 9.97 Å². The maximum atomic E-state index is 12.9. The summed E-state index contributed by atoms with van der Waals surface area (Å²) in [7, 11) is 0. The fourth-order valence-corrected chi connectivity index (χ4v) is 5.03. The molecule has 5 nitrogen and oxygen atoms in total. The van der Waals surface area contributed by atoms with Gasteiger partial charge in [-0.15, -0.1) is 11.3 Å². The minimum absolute atomic E-state index is 0.0399. The lowest BCUT2D eigenvalue weighted by atomic mass is 10.0. The second kappa shape index (κ2) is 6.95. The van der Waals surface area contributed by atoms with Crippen LogP contribution in [0.3, 0.4) is 0 Å². The predicted molar refractivity (Wildman–Crippen MR) is 105 cm³/mol. The number of quaternary nitrogens is 1. The Balaban J connectivity index is 1.71. The zero-order valence-corrected chi connectivity index (χ0v) is 16.2. The molecule has 1 fully saturated rings. The van der Waals surface area contributed by atoms with Crippen LogP contribution in [-0.2, 0) is 11.3 Å². The second-order valence-corrected chi connectivity index (χ2v) is 8.39. The molecule has 0 amide bonds. The van der Waals surface area contributed by atoms with Crippen LogP contribution in [0.4, 0.5) is 0 Å². The zero-order valence-electron chi connectivity index (χ0n) is 15.3. The molecule has 26 heavy (non-hydrogen) atoms. The van der Waals surface area contributed by atoms with E-state index in [9.17, 15) is 4.79 Å². The number of ether oxygens (including phenoxy) is 1. The average Bonchev–Trinajstić information content (AvgIpc) is 2.91. The number of morpholine rings is 1. The molecule has 1 unspecified atom stereocenters. The highest BCUT2D eigenvalue weighted by molar-refractivity contribution is 7.19. The van der Waals surface area contributed by atoms with Crippen LogP contribution >= 0.6 is 11.3 Å². The van der Waals surface area contributed by atoms with E-state index in [1.54, 1.807) is 11.3 Å². The molecule has 0 bridgehead atoms. The largest absolute Gasteiger partial charge is 0.364 e. The van der Waals surface area contributed by atoms with Crippen LogP contribution in [0.2, 0.25) is 0 Å². The summed E-state index contributed by atoms with van der Waals surface area (Å²) in [5, 5.41) is 0.709. The Hall–Kier alpha value is -2.02. The molecular weight excluding hydrogens is 346 g/mol. The summed E-state index contributed by atoms with van der Waals surface area (Å²) < 4.78 is 5.80. The number of fused-ring (bicyclic) bond motifs is 1. The Morgan fingerprint density at radius 1 is 1.23 bits per heavy atom. The van der Waals surface area contributed by atoms with E-state index in [1.807, 2.05) is 30.3 Å². The van der Waals surface area contributed by atoms with Crippen LogP contribution in [0.5, 0.6) is 0 Å². The minimum atomic E-state index is -0.0399. The highest BCUT2D eigenvalue weighted by Crippen LogP contribution is 2.35. The van der Waals surface area contributed by atoms with Gasteiger partial charge in [0.2, 0.25) is 0 Å². The average molecular weight is 370 g/mol. The third kappa shape index (κ3) is 3.32. The molecule has 0 saturated carbocycles. The van der Waals surface area contributed by atoms with Gasteiger partial charge in [0, 0.05) is 10.4 Å². The maximum absolute atomic E-state index is 12.9. The van der Waals surface area contributed by atoms with Crippen molar-refractivity contribution < 1.29 is 9.64 Å². The number of aryl methyl sites for hydroxylation is 1. The van der Waals surface area contributed by atoms with Crippen molar-refractivity contribution in [3.8, 4) is 11.1 Å². The third-order valence-electron chi connectivity index (χ3n) is 4.88. The molecule has 136 valence electrons. The smallest absolute Gasteiger partial charge is 0.260 e. The Kier molecular flexibility index (Phi) is 4.65. The first kappa shape index (κ1) is 17.4. The van der Waals surface area contributed by atoms with E-state index in [0.717, 1.165) is 46.3 Å². The number of hydrogen-bond acceptors (Lipinski definition) is 4. The molecular formula is C20H24N3O2S+. The van der Waals surface area contributed by atoms with Crippen molar-refractivity contribution in [1.29, 1.82) is 0 Å². The molecule has 0 spiro atoms. The normalized spacial score (nSPS) is 23.4. The van der Waals surface area contributed by atoms with Crippen molar-refractivity contribution in [3.05, 3.63) is 51.4 Å². The van der Waals surface area contributed by atoms with Gasteiger partial charge in [0.15, 0.2) is 5.82 Å². The van der Waals surface area contributed by atoms with E-state index in [0.29, 0.717) is 5.39 Å². The summed E-state index contributed by atoms with van der Waals surface area (Å²) in [6.07, 6.45) is 0.468. The topological polar surface area (TPSA) is 59.4 Å². The molecule has 2 N–H and O–H groups in total. The van der Waals surface area contributed by atoms with Gasteiger partial charge >= 0.3 is 0 Å². The fourth-order valence-electron chi connectivity index (χ4n) is 3.97. The summed E-state index contributed by atoms with van der Waals surface area (Å²) >= 11 is 1.60. The summed E-state index contributed by atoms with van der Waals surface area (Å²) in [4.78, 5) is 24.0. The maximum Gasteiger partial charge on any atom is 0.260 e. The van der Waals surface area contributed by atoms with Crippen LogP contribution in [-0.4, -0.2) is 35.3 Å². The highest BCUT2D eigenvalue weighted by Gasteiger charge is 2.26. The first-order chi connectivity index (χ1) is 12.5. The minimum Gasteiger partial charge on any atom is -0.364 e. The highest BCUT2D eigenvalue weighted by atomic mass is 32.1. The molecule has 2 aromatic heterocycles. The van der Waals surface area contributed by atoms with Gasteiger partial charge in [-0.3, -0.25) is 4.79 Å². The van der Waals surface area contributed by atoms with Crippen LogP contribution < -0.4 is 10.5 Å². The van der Waals surface area contributed by atoms with E-state index in [1.165, 1.54) is 4.90 Å². The van der Waals surface area contributed by atoms with E-state index >= 15 is 0 Å². The van der Waals surface area contributed by atoms with Gasteiger partial charge in [0.25, 0.3) is 5.56 Å². The lowest BCUT2D eigenvalue weighted by Gasteiger charge is -2.32. The molecule has 6 heteroatoms. The van der Waals surface area contributed by atoms with Crippen molar-refractivity contribution in [2.45, 2.75) is 39.5 Å². The number of rotatable bonds is 3. The molecule has 1 aliphatic rings. The van der Waals surface area contributed by atoms with Gasteiger partial charge in [-0.05, 0) is 26.3 Å². The molecule has 3 atom stereocenters. The van der Waals surface area contributed by atoms with Crippen LogP contribution in [0.15, 0.2) is 35.1 Å². The number of benzene rings is 1. The number of thiophene rings is 1. The Morgan fingerprint density at radius 2 is 1.92 bits per heavy atom. The molecule has 1 aromatic carbocycles. The number of aromatic nitrogens is 2. The molecule has 0 aliphatic carbocycles. The van der Waals surface area contributed by atoms with E-state index in [-0.39, 0.29) is 17.8 Å². The van der Waals surface area contributed by atoms with Gasteiger partial charge in [0.1, 0.15) is 36.7 Å². The quantitative estimate of drug-likeness (QED) is 0.743. The van der Waals surface area contributed by atoms with E-state index in [2.05, 4.69) is 25.8 Å². The van der Waals surface area contributed by atoms with Crippen molar-refractivity contribution in [2.75, 3.05) is 13.1 Å². The molecule has 0 radical (unpaired) electrons. The van der Waals surface area contributed by atoms with Crippen LogP contribution in [0.1, 0.15) is 24.5 Å². The van der Waals surface area contributed by atoms with Crippen molar-refractivity contribution in [3.63, 3.8) is 0 Å². The molecule has 1 saturated heterocycles. The van der Waals surface area contributed by atoms with Gasteiger partial charge in [0.05, 0.1) is 5.39 Å². The summed E-state index contributed by atoms with van der Waals surface area (Å²) in [5.41, 5.74) is 2.03. The van der Waals surface area contributed by atoms with Gasteiger partial charge in [-0.2, -0.15) is 0 Å².